The van der Waals surface area contributed by atoms with Crippen molar-refractivity contribution in [2.24, 2.45) is 11.8 Å². The highest BCUT2D eigenvalue weighted by Gasteiger charge is 2.47. The monoisotopic (exact) mass is 422 g/mol. The standard InChI is InChI=1S/C24H26N4O.ClH/c1-2-16-8-10-17(11-9-16)21-12-22(27-26-21)24(29)28-15-19-13-25-14-20(19)23(28)18-6-4-3-5-7-18;/h3-12,19-20,23,25H,2,13-15H2,1H3,(H,26,27);1H/t19-,20-,23+;/m0./s1. The van der Waals surface area contributed by atoms with Crippen molar-refractivity contribution >= 4 is 18.3 Å². The van der Waals surface area contributed by atoms with Crippen molar-refractivity contribution in [1.29, 1.82) is 0 Å². The van der Waals surface area contributed by atoms with Crippen molar-refractivity contribution in [2.45, 2.75) is 19.4 Å². The number of likely N-dealkylation sites (tertiary alicyclic amines) is 1. The molecule has 5 nitrogen and oxygen atoms in total. The molecule has 2 aliphatic heterocycles. The lowest BCUT2D eigenvalue weighted by Gasteiger charge is -2.28. The van der Waals surface area contributed by atoms with Crippen LogP contribution < -0.4 is 5.32 Å². The molecule has 5 rings (SSSR count). The largest absolute Gasteiger partial charge is 0.330 e. The summed E-state index contributed by atoms with van der Waals surface area (Å²) < 4.78 is 0. The molecule has 1 aromatic heterocycles. The first kappa shape index (κ1) is 20.6. The highest BCUT2D eigenvalue weighted by Crippen LogP contribution is 2.43. The number of amides is 1. The van der Waals surface area contributed by atoms with Gasteiger partial charge in [-0.2, -0.15) is 5.10 Å². The number of benzene rings is 2. The van der Waals surface area contributed by atoms with E-state index >= 15 is 0 Å². The molecule has 6 heteroatoms. The fourth-order valence-electron chi connectivity index (χ4n) is 4.85. The van der Waals surface area contributed by atoms with Crippen LogP contribution in [-0.4, -0.2) is 40.6 Å². The Morgan fingerprint density at radius 3 is 2.60 bits per heavy atom. The van der Waals surface area contributed by atoms with E-state index in [1.54, 1.807) is 0 Å². The van der Waals surface area contributed by atoms with E-state index in [-0.39, 0.29) is 24.4 Å². The number of H-pyrrole nitrogens is 1. The van der Waals surface area contributed by atoms with Crippen molar-refractivity contribution in [3.05, 3.63) is 77.5 Å². The van der Waals surface area contributed by atoms with Crippen molar-refractivity contribution in [2.75, 3.05) is 19.6 Å². The fraction of sp³-hybridized carbons (Fsp3) is 0.333. The molecule has 0 unspecified atom stereocenters. The summed E-state index contributed by atoms with van der Waals surface area (Å²) >= 11 is 0. The highest BCUT2D eigenvalue weighted by atomic mass is 35.5. The number of nitrogens with one attached hydrogen (secondary N) is 2. The third-order valence-electron chi connectivity index (χ3n) is 6.43. The Balaban J connectivity index is 0.00000218. The Hall–Kier alpha value is -2.63. The van der Waals surface area contributed by atoms with Crippen LogP contribution >= 0.6 is 12.4 Å². The lowest BCUT2D eigenvalue weighted by Crippen LogP contribution is -2.34. The van der Waals surface area contributed by atoms with E-state index < -0.39 is 0 Å². The number of hydrogen-bond acceptors (Lipinski definition) is 3. The second kappa shape index (κ2) is 8.62. The van der Waals surface area contributed by atoms with Gasteiger partial charge in [-0.05, 0) is 29.5 Å². The third-order valence-corrected chi connectivity index (χ3v) is 6.43. The van der Waals surface area contributed by atoms with Gasteiger partial charge in [0.2, 0.25) is 0 Å². The van der Waals surface area contributed by atoms with Gasteiger partial charge in [-0.15, -0.1) is 12.4 Å². The molecule has 3 aromatic rings. The highest BCUT2D eigenvalue weighted by molar-refractivity contribution is 5.94. The van der Waals surface area contributed by atoms with Crippen LogP contribution in [0.15, 0.2) is 60.7 Å². The molecule has 0 radical (unpaired) electrons. The van der Waals surface area contributed by atoms with Gasteiger partial charge in [-0.3, -0.25) is 9.89 Å². The first-order chi connectivity index (χ1) is 14.2. The van der Waals surface area contributed by atoms with Gasteiger partial charge in [0.15, 0.2) is 0 Å². The molecule has 0 aliphatic carbocycles. The van der Waals surface area contributed by atoms with Gasteiger partial charge in [0.1, 0.15) is 5.69 Å². The van der Waals surface area contributed by atoms with Crippen LogP contribution in [0.4, 0.5) is 0 Å². The third kappa shape index (κ3) is 3.64. The Bertz CT molecular complexity index is 1000. The molecule has 2 N–H and O–H groups in total. The van der Waals surface area contributed by atoms with E-state index in [4.69, 9.17) is 0 Å². The molecule has 2 fully saturated rings. The van der Waals surface area contributed by atoms with Gasteiger partial charge in [-0.1, -0.05) is 61.5 Å². The zero-order valence-electron chi connectivity index (χ0n) is 17.0. The molecular weight excluding hydrogens is 396 g/mol. The van der Waals surface area contributed by atoms with Crippen LogP contribution in [-0.2, 0) is 6.42 Å². The maximum Gasteiger partial charge on any atom is 0.272 e. The number of halogens is 1. The Kier molecular flexibility index (Phi) is 5.93. The quantitative estimate of drug-likeness (QED) is 0.665. The number of carbonyl (C=O) groups is 1. The minimum atomic E-state index is 0. The lowest BCUT2D eigenvalue weighted by molar-refractivity contribution is 0.0708. The maximum atomic E-state index is 13.4. The van der Waals surface area contributed by atoms with Crippen molar-refractivity contribution in [1.82, 2.24) is 20.4 Å². The normalized spacial score (nSPS) is 22.6. The molecule has 3 atom stereocenters. The molecule has 1 amide bonds. The SMILES string of the molecule is CCc1ccc(-c2cc(C(=O)N3C[C@@H]4CNC[C@@H]4[C@H]3c3ccccc3)[nH]n2)cc1.Cl. The first-order valence-electron chi connectivity index (χ1n) is 10.5. The molecule has 2 aliphatic rings. The minimum Gasteiger partial charge on any atom is -0.330 e. The fourth-order valence-corrected chi connectivity index (χ4v) is 4.85. The van der Waals surface area contributed by atoms with E-state index in [9.17, 15) is 4.79 Å². The minimum absolute atomic E-state index is 0. The number of carbonyl (C=O) groups excluding carboxylic acids is 1. The Morgan fingerprint density at radius 1 is 1.10 bits per heavy atom. The zero-order valence-corrected chi connectivity index (χ0v) is 17.9. The van der Waals surface area contributed by atoms with Crippen molar-refractivity contribution < 1.29 is 4.79 Å². The van der Waals surface area contributed by atoms with Crippen molar-refractivity contribution in [3.63, 3.8) is 0 Å². The summed E-state index contributed by atoms with van der Waals surface area (Å²) in [6.07, 6.45) is 1.01. The van der Waals surface area contributed by atoms with Gasteiger partial charge in [0, 0.05) is 31.1 Å². The molecular formula is C24H27ClN4O. The Morgan fingerprint density at radius 2 is 1.87 bits per heavy atom. The number of aromatic amines is 1. The molecule has 3 heterocycles. The van der Waals surface area contributed by atoms with E-state index in [1.807, 2.05) is 17.0 Å². The molecule has 2 aromatic carbocycles. The van der Waals surface area contributed by atoms with Crippen LogP contribution in [0.25, 0.3) is 11.3 Å². The summed E-state index contributed by atoms with van der Waals surface area (Å²) in [5.41, 5.74) is 4.91. The molecule has 0 bridgehead atoms. The zero-order chi connectivity index (χ0) is 19.8. The van der Waals surface area contributed by atoms with Crippen LogP contribution in [0.3, 0.4) is 0 Å². The van der Waals surface area contributed by atoms with Gasteiger partial charge in [-0.25, -0.2) is 0 Å². The second-order valence-electron chi connectivity index (χ2n) is 8.11. The van der Waals surface area contributed by atoms with Crippen LogP contribution in [0.1, 0.15) is 34.6 Å². The number of aromatic nitrogens is 2. The smallest absolute Gasteiger partial charge is 0.272 e. The molecule has 30 heavy (non-hydrogen) atoms. The number of hydrogen-bond donors (Lipinski definition) is 2. The summed E-state index contributed by atoms with van der Waals surface area (Å²) in [6, 6.07) is 20.8. The average Bonchev–Trinajstić information content (AvgIpc) is 3.50. The van der Waals surface area contributed by atoms with Crippen molar-refractivity contribution in [3.8, 4) is 11.3 Å². The van der Waals surface area contributed by atoms with E-state index in [1.165, 1.54) is 11.1 Å². The number of fused-ring (bicyclic) bond motifs is 1. The van der Waals surface area contributed by atoms with Gasteiger partial charge in [0.05, 0.1) is 11.7 Å². The summed E-state index contributed by atoms with van der Waals surface area (Å²) in [5, 5.41) is 10.9. The Labute approximate surface area is 183 Å². The van der Waals surface area contributed by atoms with Gasteiger partial charge >= 0.3 is 0 Å². The van der Waals surface area contributed by atoms with Gasteiger partial charge < -0.3 is 10.2 Å². The molecule has 156 valence electrons. The molecule has 0 saturated carbocycles. The van der Waals surface area contributed by atoms with E-state index in [2.05, 4.69) is 71.0 Å². The molecule has 2 saturated heterocycles. The predicted molar refractivity (Wildman–Crippen MR) is 121 cm³/mol. The number of aryl methyl sites for hydroxylation is 1. The van der Waals surface area contributed by atoms with Gasteiger partial charge in [0.25, 0.3) is 5.91 Å². The second-order valence-corrected chi connectivity index (χ2v) is 8.11. The summed E-state index contributed by atoms with van der Waals surface area (Å²) in [6.45, 7) is 4.88. The van der Waals surface area contributed by atoms with Crippen LogP contribution in [0.5, 0.6) is 0 Å². The van der Waals surface area contributed by atoms with Crippen LogP contribution in [0, 0.1) is 11.8 Å². The summed E-state index contributed by atoms with van der Waals surface area (Å²) in [4.78, 5) is 15.5. The topological polar surface area (TPSA) is 61.0 Å². The molecule has 0 spiro atoms. The van der Waals surface area contributed by atoms with E-state index in [0.717, 1.165) is 37.3 Å². The maximum absolute atomic E-state index is 13.4. The average molecular weight is 423 g/mol. The number of rotatable bonds is 4. The first-order valence-corrected chi connectivity index (χ1v) is 10.5. The van der Waals surface area contributed by atoms with E-state index in [0.29, 0.717) is 17.5 Å². The number of nitrogens with zero attached hydrogens (tertiary/aromatic N) is 2. The van der Waals surface area contributed by atoms with Crippen LogP contribution in [0.2, 0.25) is 0 Å². The summed E-state index contributed by atoms with van der Waals surface area (Å²) in [7, 11) is 0. The summed E-state index contributed by atoms with van der Waals surface area (Å²) in [5.74, 6) is 1.01. The lowest BCUT2D eigenvalue weighted by atomic mass is 9.89. The predicted octanol–water partition coefficient (Wildman–Crippen LogP) is 4.09.